The summed E-state index contributed by atoms with van der Waals surface area (Å²) in [5.74, 6) is -1.84. The third kappa shape index (κ3) is 2.41. The number of halogens is 1. The monoisotopic (exact) mass is 283 g/mol. The van der Waals surface area contributed by atoms with Crippen molar-refractivity contribution in [1.29, 1.82) is 0 Å². The van der Waals surface area contributed by atoms with Gasteiger partial charge in [-0.1, -0.05) is 11.6 Å². The predicted molar refractivity (Wildman–Crippen MR) is 67.1 cm³/mol. The van der Waals surface area contributed by atoms with E-state index in [9.17, 15) is 15.0 Å². The zero-order valence-electron chi connectivity index (χ0n) is 9.79. The molecular weight excluding hydrogens is 274 g/mol. The average molecular weight is 284 g/mol. The van der Waals surface area contributed by atoms with Crippen LogP contribution in [0.1, 0.15) is 15.9 Å². The minimum absolute atomic E-state index is 0.0191. The Hall–Kier alpha value is -2.41. The number of carbonyl (C=O) groups excluding carboxylic acids is 1. The van der Waals surface area contributed by atoms with Crippen molar-refractivity contribution in [3.63, 3.8) is 0 Å². The molecule has 2 heterocycles. The molecule has 0 fully saturated rings. The van der Waals surface area contributed by atoms with Crippen molar-refractivity contribution < 1.29 is 19.8 Å². The predicted octanol–water partition coefficient (Wildman–Crippen LogP) is 1.11. The summed E-state index contributed by atoms with van der Waals surface area (Å²) in [5.41, 5.74) is 6.09. The van der Waals surface area contributed by atoms with E-state index >= 15 is 0 Å². The first-order valence-corrected chi connectivity index (χ1v) is 5.53. The molecule has 0 aliphatic heterocycles. The number of nitrogen functional groups attached to an aromatic ring is 1. The molecule has 2 aromatic rings. The Kier molecular flexibility index (Phi) is 3.22. The Bertz CT molecular complexity index is 634. The maximum atomic E-state index is 11.9. The summed E-state index contributed by atoms with van der Waals surface area (Å²) in [7, 11) is 0. The standard InChI is InChI=1S/C11H10ClN3O4/c1-5-4-6(10(13)14-9(5)12)11(18)19-15-7(16)2-3-8(15)17/h2-4,16-17H,1H3,(H2,13,14). The number of nitrogens with two attached hydrogens (primary N) is 1. The number of carbonyl (C=O) groups is 1. The molecule has 8 heteroatoms. The quantitative estimate of drug-likeness (QED) is 0.712. The lowest BCUT2D eigenvalue weighted by atomic mass is 10.2. The summed E-state index contributed by atoms with van der Waals surface area (Å²) in [5, 5.41) is 18.9. The molecule has 0 aromatic carbocycles. The summed E-state index contributed by atoms with van der Waals surface area (Å²) in [6, 6.07) is 3.74. The van der Waals surface area contributed by atoms with Gasteiger partial charge in [0, 0.05) is 12.1 Å². The van der Waals surface area contributed by atoms with Gasteiger partial charge in [0.15, 0.2) is 0 Å². The van der Waals surface area contributed by atoms with Gasteiger partial charge in [0.05, 0.1) is 0 Å². The third-order valence-corrected chi connectivity index (χ3v) is 2.76. The number of aromatic hydroxyl groups is 2. The van der Waals surface area contributed by atoms with E-state index in [4.69, 9.17) is 22.2 Å². The molecule has 0 atom stereocenters. The van der Waals surface area contributed by atoms with Crippen LogP contribution in [0.15, 0.2) is 18.2 Å². The summed E-state index contributed by atoms with van der Waals surface area (Å²) in [4.78, 5) is 20.4. The zero-order valence-corrected chi connectivity index (χ0v) is 10.5. The fraction of sp³-hybridized carbons (Fsp3) is 0.0909. The van der Waals surface area contributed by atoms with Gasteiger partial charge in [-0.3, -0.25) is 0 Å². The molecule has 2 aromatic heterocycles. The average Bonchev–Trinajstić information content (AvgIpc) is 2.65. The molecule has 7 nitrogen and oxygen atoms in total. The molecule has 0 aliphatic carbocycles. The summed E-state index contributed by atoms with van der Waals surface area (Å²) in [6.45, 7) is 1.65. The van der Waals surface area contributed by atoms with Gasteiger partial charge in [-0.15, -0.1) is 4.73 Å². The van der Waals surface area contributed by atoms with E-state index < -0.39 is 17.7 Å². The van der Waals surface area contributed by atoms with Gasteiger partial charge in [0.1, 0.15) is 16.5 Å². The van der Waals surface area contributed by atoms with Crippen molar-refractivity contribution in [3.8, 4) is 11.8 Å². The Balaban J connectivity index is 2.33. The number of hydrogen-bond donors (Lipinski definition) is 3. The van der Waals surface area contributed by atoms with Gasteiger partial charge < -0.3 is 20.8 Å². The lowest BCUT2D eigenvalue weighted by molar-refractivity contribution is 0.0382. The first-order valence-electron chi connectivity index (χ1n) is 5.15. The summed E-state index contributed by atoms with van der Waals surface area (Å²) < 4.78 is 0.561. The van der Waals surface area contributed by atoms with Crippen LogP contribution >= 0.6 is 11.6 Å². The molecular formula is C11H10ClN3O4. The fourth-order valence-electron chi connectivity index (χ4n) is 1.40. The van der Waals surface area contributed by atoms with Crippen molar-refractivity contribution in [2.24, 2.45) is 0 Å². The molecule has 0 aliphatic rings. The van der Waals surface area contributed by atoms with E-state index in [2.05, 4.69) is 4.98 Å². The van der Waals surface area contributed by atoms with Crippen LogP contribution in [-0.2, 0) is 0 Å². The zero-order chi connectivity index (χ0) is 14.2. The number of anilines is 1. The Morgan fingerprint density at radius 1 is 1.42 bits per heavy atom. The Labute approximate surface area is 112 Å². The SMILES string of the molecule is Cc1cc(C(=O)On2c(O)ccc2O)c(N)nc1Cl. The van der Waals surface area contributed by atoms with Crippen LogP contribution in [0.5, 0.6) is 11.8 Å². The molecule has 0 radical (unpaired) electrons. The van der Waals surface area contributed by atoms with Crippen LogP contribution in [0.2, 0.25) is 5.15 Å². The summed E-state index contributed by atoms with van der Waals surface area (Å²) >= 11 is 5.76. The summed E-state index contributed by atoms with van der Waals surface area (Å²) in [6.07, 6.45) is 0. The highest BCUT2D eigenvalue weighted by Crippen LogP contribution is 2.22. The van der Waals surface area contributed by atoms with Crippen LogP contribution < -0.4 is 10.6 Å². The minimum Gasteiger partial charge on any atom is -0.492 e. The van der Waals surface area contributed by atoms with E-state index in [1.807, 2.05) is 0 Å². The highest BCUT2D eigenvalue weighted by atomic mass is 35.5. The number of aromatic nitrogens is 2. The molecule has 0 spiro atoms. The molecule has 4 N–H and O–H groups in total. The number of pyridine rings is 1. The van der Waals surface area contributed by atoms with Crippen molar-refractivity contribution >= 4 is 23.4 Å². The molecule has 100 valence electrons. The van der Waals surface area contributed by atoms with Gasteiger partial charge in [-0.2, -0.15) is 0 Å². The third-order valence-electron chi connectivity index (χ3n) is 2.37. The van der Waals surface area contributed by atoms with Crippen molar-refractivity contribution in [3.05, 3.63) is 34.5 Å². The van der Waals surface area contributed by atoms with Crippen LogP contribution in [0.3, 0.4) is 0 Å². The van der Waals surface area contributed by atoms with Crippen LogP contribution in [0.25, 0.3) is 0 Å². The molecule has 2 rings (SSSR count). The number of nitrogens with zero attached hydrogens (tertiary/aromatic N) is 2. The Morgan fingerprint density at radius 2 is 2.00 bits per heavy atom. The smallest absolute Gasteiger partial charge is 0.367 e. The van der Waals surface area contributed by atoms with Crippen molar-refractivity contribution in [2.45, 2.75) is 6.92 Å². The Morgan fingerprint density at radius 3 is 2.58 bits per heavy atom. The van der Waals surface area contributed by atoms with Crippen LogP contribution in [0, 0.1) is 6.92 Å². The molecule has 0 unspecified atom stereocenters. The minimum atomic E-state index is -0.883. The first kappa shape index (κ1) is 13.0. The number of rotatable bonds is 2. The van der Waals surface area contributed by atoms with Crippen molar-refractivity contribution in [1.82, 2.24) is 9.71 Å². The highest BCUT2D eigenvalue weighted by Gasteiger charge is 2.18. The van der Waals surface area contributed by atoms with Gasteiger partial charge >= 0.3 is 5.97 Å². The maximum Gasteiger partial charge on any atom is 0.367 e. The number of hydrogen-bond acceptors (Lipinski definition) is 6. The van der Waals surface area contributed by atoms with E-state index in [1.54, 1.807) is 6.92 Å². The first-order chi connectivity index (χ1) is 8.90. The normalized spacial score (nSPS) is 10.4. The van der Waals surface area contributed by atoms with E-state index in [1.165, 1.54) is 6.07 Å². The van der Waals surface area contributed by atoms with Gasteiger partial charge in [-0.05, 0) is 18.6 Å². The second-order valence-electron chi connectivity index (χ2n) is 3.75. The lowest BCUT2D eigenvalue weighted by Crippen LogP contribution is -2.21. The second-order valence-corrected chi connectivity index (χ2v) is 4.11. The van der Waals surface area contributed by atoms with Gasteiger partial charge in [-0.25, -0.2) is 9.78 Å². The molecule has 0 bridgehead atoms. The molecule has 19 heavy (non-hydrogen) atoms. The molecule has 0 amide bonds. The molecule has 0 saturated carbocycles. The van der Waals surface area contributed by atoms with Gasteiger partial charge in [0.2, 0.25) is 11.8 Å². The van der Waals surface area contributed by atoms with Crippen molar-refractivity contribution in [2.75, 3.05) is 5.73 Å². The van der Waals surface area contributed by atoms with E-state index in [0.29, 0.717) is 10.3 Å². The number of aryl methyl sites for hydroxylation is 1. The highest BCUT2D eigenvalue weighted by molar-refractivity contribution is 6.30. The van der Waals surface area contributed by atoms with E-state index in [-0.39, 0.29) is 16.5 Å². The van der Waals surface area contributed by atoms with E-state index in [0.717, 1.165) is 12.1 Å². The largest absolute Gasteiger partial charge is 0.492 e. The van der Waals surface area contributed by atoms with Gasteiger partial charge in [0.25, 0.3) is 0 Å². The second kappa shape index (κ2) is 4.69. The fourth-order valence-corrected chi connectivity index (χ4v) is 1.54. The maximum absolute atomic E-state index is 11.9. The van der Waals surface area contributed by atoms with Crippen LogP contribution in [0.4, 0.5) is 5.82 Å². The molecule has 0 saturated heterocycles. The lowest BCUT2D eigenvalue weighted by Gasteiger charge is -2.09. The topological polar surface area (TPSA) is 111 Å². The van der Waals surface area contributed by atoms with Crippen LogP contribution in [-0.4, -0.2) is 25.9 Å².